The lowest BCUT2D eigenvalue weighted by molar-refractivity contribution is -0.118. The summed E-state index contributed by atoms with van der Waals surface area (Å²) in [7, 11) is 0. The van der Waals surface area contributed by atoms with Gasteiger partial charge in [-0.25, -0.2) is 4.99 Å². The van der Waals surface area contributed by atoms with Gasteiger partial charge in [-0.2, -0.15) is 0 Å². The molecule has 0 spiro atoms. The molecule has 3 nitrogen and oxygen atoms in total. The van der Waals surface area contributed by atoms with Crippen molar-refractivity contribution >= 4 is 11.6 Å². The van der Waals surface area contributed by atoms with Crippen molar-refractivity contribution in [3.05, 3.63) is 59.8 Å². The fraction of sp³-hybridized carbons (Fsp3) is 0.368. The molecule has 1 aliphatic carbocycles. The van der Waals surface area contributed by atoms with Crippen molar-refractivity contribution in [1.29, 1.82) is 0 Å². The zero-order valence-corrected chi connectivity index (χ0v) is 13.3. The molecule has 1 aliphatic heterocycles. The van der Waals surface area contributed by atoms with Gasteiger partial charge >= 0.3 is 0 Å². The van der Waals surface area contributed by atoms with Crippen molar-refractivity contribution in [3.8, 4) is 0 Å². The molecular weight excluding hydrogens is 272 g/mol. The normalized spacial score (nSPS) is 27.7. The molecule has 0 saturated heterocycles. The van der Waals surface area contributed by atoms with Gasteiger partial charge in [0.15, 0.2) is 0 Å². The first-order valence-corrected chi connectivity index (χ1v) is 7.84. The second-order valence-electron chi connectivity index (χ2n) is 6.59. The molecule has 1 amide bonds. The summed E-state index contributed by atoms with van der Waals surface area (Å²) < 4.78 is 0. The minimum absolute atomic E-state index is 0.0281. The van der Waals surface area contributed by atoms with Crippen molar-refractivity contribution in [1.82, 2.24) is 5.32 Å². The van der Waals surface area contributed by atoms with E-state index in [4.69, 9.17) is 0 Å². The maximum Gasteiger partial charge on any atom is 0.270 e. The summed E-state index contributed by atoms with van der Waals surface area (Å²) in [6.07, 6.45) is 7.26. The SMILES string of the molecule is CC1C=CC2=NC(C(=O)NC(C)c3ccccc3)=CC2(C)C1. The summed E-state index contributed by atoms with van der Waals surface area (Å²) in [6.45, 7) is 6.35. The van der Waals surface area contributed by atoms with E-state index in [0.717, 1.165) is 17.7 Å². The summed E-state index contributed by atoms with van der Waals surface area (Å²) in [5.74, 6) is 0.423. The summed E-state index contributed by atoms with van der Waals surface area (Å²) in [6, 6.07) is 9.95. The molecule has 0 radical (unpaired) electrons. The van der Waals surface area contributed by atoms with Crippen molar-refractivity contribution in [3.63, 3.8) is 0 Å². The van der Waals surface area contributed by atoms with Gasteiger partial charge in [0.2, 0.25) is 0 Å². The van der Waals surface area contributed by atoms with E-state index in [1.165, 1.54) is 0 Å². The summed E-state index contributed by atoms with van der Waals surface area (Å²) in [5, 5.41) is 3.04. The van der Waals surface area contributed by atoms with Crippen molar-refractivity contribution < 1.29 is 4.79 Å². The largest absolute Gasteiger partial charge is 0.344 e. The first kappa shape index (κ1) is 14.8. The molecule has 0 bridgehead atoms. The van der Waals surface area contributed by atoms with Crippen LogP contribution in [0.1, 0.15) is 38.8 Å². The lowest BCUT2D eigenvalue weighted by Gasteiger charge is -2.28. The van der Waals surface area contributed by atoms with Gasteiger partial charge in [-0.05, 0) is 37.0 Å². The second-order valence-corrected chi connectivity index (χ2v) is 6.59. The monoisotopic (exact) mass is 294 g/mol. The van der Waals surface area contributed by atoms with Gasteiger partial charge in [-0.15, -0.1) is 0 Å². The maximum atomic E-state index is 12.5. The number of rotatable bonds is 3. The van der Waals surface area contributed by atoms with Gasteiger partial charge in [-0.1, -0.05) is 50.3 Å². The molecule has 1 heterocycles. The van der Waals surface area contributed by atoms with Crippen LogP contribution in [-0.2, 0) is 4.79 Å². The highest BCUT2D eigenvalue weighted by atomic mass is 16.2. The van der Waals surface area contributed by atoms with Crippen molar-refractivity contribution in [2.75, 3.05) is 0 Å². The van der Waals surface area contributed by atoms with Crippen LogP contribution in [0.4, 0.5) is 0 Å². The van der Waals surface area contributed by atoms with Crippen molar-refractivity contribution in [2.24, 2.45) is 16.3 Å². The number of nitrogens with one attached hydrogen (secondary N) is 1. The zero-order chi connectivity index (χ0) is 15.7. The molecule has 1 aromatic carbocycles. The van der Waals surface area contributed by atoms with Gasteiger partial charge in [0.25, 0.3) is 5.91 Å². The first-order chi connectivity index (χ1) is 10.5. The van der Waals surface area contributed by atoms with E-state index in [9.17, 15) is 4.79 Å². The van der Waals surface area contributed by atoms with Crippen LogP contribution in [0.5, 0.6) is 0 Å². The van der Waals surface area contributed by atoms with Gasteiger partial charge in [0.05, 0.1) is 11.8 Å². The highest BCUT2D eigenvalue weighted by molar-refractivity contribution is 6.09. The molecule has 0 saturated carbocycles. The van der Waals surface area contributed by atoms with E-state index < -0.39 is 0 Å². The van der Waals surface area contributed by atoms with Crippen LogP contribution >= 0.6 is 0 Å². The Morgan fingerprint density at radius 2 is 2.09 bits per heavy atom. The lowest BCUT2D eigenvalue weighted by Crippen LogP contribution is -2.28. The third-order valence-corrected chi connectivity index (χ3v) is 4.49. The highest BCUT2D eigenvalue weighted by Gasteiger charge is 2.37. The molecule has 3 heteroatoms. The average molecular weight is 294 g/mol. The first-order valence-electron chi connectivity index (χ1n) is 7.84. The fourth-order valence-electron chi connectivity index (χ4n) is 3.26. The summed E-state index contributed by atoms with van der Waals surface area (Å²) in [4.78, 5) is 17.0. The molecule has 114 valence electrons. The van der Waals surface area contributed by atoms with Crippen LogP contribution in [0, 0.1) is 11.3 Å². The summed E-state index contributed by atoms with van der Waals surface area (Å²) >= 11 is 0. The molecule has 3 atom stereocenters. The van der Waals surface area contributed by atoms with Crippen LogP contribution in [-0.4, -0.2) is 11.6 Å². The molecule has 0 fully saturated rings. The third kappa shape index (κ3) is 2.76. The fourth-order valence-corrected chi connectivity index (χ4v) is 3.26. The summed E-state index contributed by atoms with van der Waals surface area (Å²) in [5.41, 5.74) is 2.54. The molecule has 1 N–H and O–H groups in total. The average Bonchev–Trinajstić information content (AvgIpc) is 2.84. The number of hydrogen-bond acceptors (Lipinski definition) is 2. The molecular formula is C19H22N2O. The molecule has 2 aliphatic rings. The zero-order valence-electron chi connectivity index (χ0n) is 13.3. The second kappa shape index (κ2) is 5.56. The van der Waals surface area contributed by atoms with Gasteiger partial charge in [0, 0.05) is 5.41 Å². The van der Waals surface area contributed by atoms with Crippen LogP contribution in [0.3, 0.4) is 0 Å². The number of benzene rings is 1. The number of fused-ring (bicyclic) bond motifs is 1. The Balaban J connectivity index is 1.75. The van der Waals surface area contributed by atoms with Crippen LogP contribution in [0.15, 0.2) is 59.2 Å². The number of allylic oxidation sites excluding steroid dienone is 3. The van der Waals surface area contributed by atoms with E-state index >= 15 is 0 Å². The Labute approximate surface area is 131 Å². The third-order valence-electron chi connectivity index (χ3n) is 4.49. The quantitative estimate of drug-likeness (QED) is 0.905. The highest BCUT2D eigenvalue weighted by Crippen LogP contribution is 2.39. The number of nitrogens with zero attached hydrogens (tertiary/aromatic N) is 1. The lowest BCUT2D eigenvalue weighted by atomic mass is 9.74. The Morgan fingerprint density at radius 1 is 1.36 bits per heavy atom. The number of aliphatic imine (C=N–C) groups is 1. The van der Waals surface area contributed by atoms with E-state index in [1.54, 1.807) is 0 Å². The predicted octanol–water partition coefficient (Wildman–Crippen LogP) is 3.80. The molecule has 3 rings (SSSR count). The Bertz CT molecular complexity index is 672. The van der Waals surface area contributed by atoms with E-state index in [2.05, 4.69) is 36.3 Å². The minimum atomic E-state index is -0.100. The molecule has 22 heavy (non-hydrogen) atoms. The Morgan fingerprint density at radius 3 is 2.82 bits per heavy atom. The minimum Gasteiger partial charge on any atom is -0.344 e. The van der Waals surface area contributed by atoms with Crippen LogP contribution in [0.2, 0.25) is 0 Å². The van der Waals surface area contributed by atoms with Crippen LogP contribution in [0.25, 0.3) is 0 Å². The van der Waals surface area contributed by atoms with E-state index in [1.807, 2.05) is 43.3 Å². The topological polar surface area (TPSA) is 41.5 Å². The van der Waals surface area contributed by atoms with Crippen LogP contribution < -0.4 is 5.32 Å². The molecule has 1 aromatic rings. The van der Waals surface area contributed by atoms with Gasteiger partial charge < -0.3 is 5.32 Å². The predicted molar refractivity (Wildman–Crippen MR) is 89.5 cm³/mol. The number of hydrogen-bond donors (Lipinski definition) is 1. The molecule has 3 unspecified atom stereocenters. The Hall–Kier alpha value is -2.16. The van der Waals surface area contributed by atoms with E-state index in [-0.39, 0.29) is 17.4 Å². The standard InChI is InChI=1S/C19H22N2O/c1-13-9-10-17-19(3,11-13)12-16(21-17)18(22)20-14(2)15-7-5-4-6-8-15/h4-10,12-14H,11H2,1-3H3,(H,20,22). The number of carbonyl (C=O) groups excluding carboxylic acids is 1. The smallest absolute Gasteiger partial charge is 0.270 e. The van der Waals surface area contributed by atoms with Crippen molar-refractivity contribution in [2.45, 2.75) is 33.2 Å². The maximum absolute atomic E-state index is 12.5. The van der Waals surface area contributed by atoms with Gasteiger partial charge in [0.1, 0.15) is 5.70 Å². The van der Waals surface area contributed by atoms with E-state index in [0.29, 0.717) is 11.6 Å². The number of amides is 1. The van der Waals surface area contributed by atoms with Gasteiger partial charge in [-0.3, -0.25) is 4.79 Å². The molecule has 0 aromatic heterocycles. The Kier molecular flexibility index (Phi) is 3.73. The number of carbonyl (C=O) groups is 1.